The predicted octanol–water partition coefficient (Wildman–Crippen LogP) is 3.04. The normalized spacial score (nSPS) is 12.3. The molecule has 0 spiro atoms. The first kappa shape index (κ1) is 18.3. The van der Waals surface area contributed by atoms with Crippen LogP contribution in [0.15, 0.2) is 18.2 Å². The first-order valence-electron chi connectivity index (χ1n) is 6.55. The zero-order valence-electron chi connectivity index (χ0n) is 12.2. The first-order chi connectivity index (χ1) is 10.0. The number of rotatable bonds is 6. The van der Waals surface area contributed by atoms with Crippen LogP contribution in [0.4, 0.5) is 22.0 Å². The van der Waals surface area contributed by atoms with Crippen molar-refractivity contribution < 1.29 is 26.7 Å². The first-order valence-corrected chi connectivity index (χ1v) is 6.55. The van der Waals surface area contributed by atoms with Crippen molar-refractivity contribution in [3.63, 3.8) is 0 Å². The summed E-state index contributed by atoms with van der Waals surface area (Å²) < 4.78 is 64.9. The van der Waals surface area contributed by atoms with Gasteiger partial charge in [0, 0.05) is 32.0 Å². The number of alkyl halides is 5. The van der Waals surface area contributed by atoms with E-state index < -0.39 is 23.2 Å². The zero-order chi connectivity index (χ0) is 17.0. The largest absolute Gasteiger partial charge is 0.416 e. The average Bonchev–Trinajstić information content (AvgIpc) is 2.40. The monoisotopic (exact) mass is 324 g/mol. The highest BCUT2D eigenvalue weighted by Gasteiger charge is 2.34. The van der Waals surface area contributed by atoms with Crippen LogP contribution in [0.3, 0.4) is 0 Å². The number of benzene rings is 1. The van der Waals surface area contributed by atoms with Gasteiger partial charge in [0.05, 0.1) is 5.56 Å². The van der Waals surface area contributed by atoms with Crippen LogP contribution in [-0.4, -0.2) is 19.5 Å². The molecule has 0 unspecified atom stereocenters. The molecule has 124 valence electrons. The van der Waals surface area contributed by atoms with Crippen molar-refractivity contribution in [3.8, 4) is 0 Å². The van der Waals surface area contributed by atoms with Gasteiger partial charge in [-0.1, -0.05) is 0 Å². The standard InChI is InChI=1S/C14H17F5N2O/c1-13(15,16)10-5-9(6-11(7-10)14(17,18)19)8-21-12(22)3-4-20-2/h5-7,20H,3-4,8H2,1-2H3,(H,21,22). The molecule has 1 amide bonds. The highest BCUT2D eigenvalue weighted by atomic mass is 19.4. The van der Waals surface area contributed by atoms with Crippen LogP contribution >= 0.6 is 0 Å². The number of carbonyl (C=O) groups excluding carboxylic acids is 1. The van der Waals surface area contributed by atoms with Crippen LogP contribution in [0.1, 0.15) is 30.0 Å². The van der Waals surface area contributed by atoms with E-state index >= 15 is 0 Å². The van der Waals surface area contributed by atoms with Crippen LogP contribution in [0.25, 0.3) is 0 Å². The van der Waals surface area contributed by atoms with E-state index in [0.29, 0.717) is 19.5 Å². The Morgan fingerprint density at radius 3 is 2.18 bits per heavy atom. The highest BCUT2D eigenvalue weighted by molar-refractivity contribution is 5.76. The molecular formula is C14H17F5N2O. The van der Waals surface area contributed by atoms with E-state index in [1.54, 1.807) is 7.05 Å². The summed E-state index contributed by atoms with van der Waals surface area (Å²) in [6.45, 7) is 0.694. The summed E-state index contributed by atoms with van der Waals surface area (Å²) in [5.41, 5.74) is -1.92. The van der Waals surface area contributed by atoms with Gasteiger partial charge in [0.2, 0.25) is 5.91 Å². The highest BCUT2D eigenvalue weighted by Crippen LogP contribution is 2.35. The molecule has 22 heavy (non-hydrogen) atoms. The van der Waals surface area contributed by atoms with Gasteiger partial charge in [-0.15, -0.1) is 0 Å². The van der Waals surface area contributed by atoms with Gasteiger partial charge < -0.3 is 10.6 Å². The van der Waals surface area contributed by atoms with E-state index in [2.05, 4.69) is 10.6 Å². The maximum atomic E-state index is 13.3. The van der Waals surface area contributed by atoms with E-state index in [0.717, 1.165) is 12.1 Å². The van der Waals surface area contributed by atoms with E-state index in [1.165, 1.54) is 0 Å². The Kier molecular flexibility index (Phi) is 5.87. The lowest BCUT2D eigenvalue weighted by atomic mass is 10.0. The molecule has 1 rings (SSSR count). The van der Waals surface area contributed by atoms with Gasteiger partial charge in [-0.2, -0.15) is 13.2 Å². The maximum absolute atomic E-state index is 13.3. The zero-order valence-corrected chi connectivity index (χ0v) is 12.2. The molecule has 0 aromatic heterocycles. The Morgan fingerprint density at radius 1 is 1.09 bits per heavy atom. The SMILES string of the molecule is CNCCC(=O)NCc1cc(C(C)(F)F)cc(C(F)(F)F)c1. The van der Waals surface area contributed by atoms with Crippen LogP contribution in [0.2, 0.25) is 0 Å². The van der Waals surface area contributed by atoms with Crippen molar-refractivity contribution >= 4 is 5.91 Å². The van der Waals surface area contributed by atoms with Gasteiger partial charge >= 0.3 is 6.18 Å². The fourth-order valence-corrected chi connectivity index (χ4v) is 1.74. The maximum Gasteiger partial charge on any atom is 0.416 e. The molecule has 0 fully saturated rings. The molecule has 0 aliphatic rings. The van der Waals surface area contributed by atoms with Gasteiger partial charge in [-0.05, 0) is 30.8 Å². The van der Waals surface area contributed by atoms with Gasteiger partial charge in [0.1, 0.15) is 0 Å². The van der Waals surface area contributed by atoms with E-state index in [-0.39, 0.29) is 24.4 Å². The predicted molar refractivity (Wildman–Crippen MR) is 71.4 cm³/mol. The molecule has 3 nitrogen and oxygen atoms in total. The quantitative estimate of drug-likeness (QED) is 0.790. The van der Waals surface area contributed by atoms with Crippen molar-refractivity contribution in [3.05, 3.63) is 34.9 Å². The molecule has 2 N–H and O–H groups in total. The second-order valence-corrected chi connectivity index (χ2v) is 4.94. The van der Waals surface area contributed by atoms with Crippen molar-refractivity contribution in [2.24, 2.45) is 0 Å². The summed E-state index contributed by atoms with van der Waals surface area (Å²) in [6, 6.07) is 2.15. The molecule has 8 heteroatoms. The summed E-state index contributed by atoms with van der Waals surface area (Å²) in [5, 5.41) is 5.15. The van der Waals surface area contributed by atoms with E-state index in [1.807, 2.05) is 0 Å². The number of hydrogen-bond acceptors (Lipinski definition) is 2. The molecule has 1 aromatic carbocycles. The summed E-state index contributed by atoms with van der Waals surface area (Å²) in [4.78, 5) is 11.4. The molecule has 0 atom stereocenters. The molecule has 0 bridgehead atoms. The van der Waals surface area contributed by atoms with Crippen molar-refractivity contribution in [2.75, 3.05) is 13.6 Å². The third kappa shape index (κ3) is 5.59. The van der Waals surface area contributed by atoms with Gasteiger partial charge in [-0.25, -0.2) is 8.78 Å². The van der Waals surface area contributed by atoms with Gasteiger partial charge in [0.25, 0.3) is 5.92 Å². The lowest BCUT2D eigenvalue weighted by molar-refractivity contribution is -0.137. The second-order valence-electron chi connectivity index (χ2n) is 4.94. The summed E-state index contributed by atoms with van der Waals surface area (Å²) in [7, 11) is 1.65. The molecule has 0 saturated carbocycles. The molecule has 0 heterocycles. The lowest BCUT2D eigenvalue weighted by Gasteiger charge is -2.16. The van der Waals surface area contributed by atoms with E-state index in [4.69, 9.17) is 0 Å². The van der Waals surface area contributed by atoms with Crippen molar-refractivity contribution in [1.29, 1.82) is 0 Å². The lowest BCUT2D eigenvalue weighted by Crippen LogP contribution is -2.26. The Hall–Kier alpha value is -1.70. The number of amides is 1. The van der Waals surface area contributed by atoms with Crippen LogP contribution in [0, 0.1) is 0 Å². The number of hydrogen-bond donors (Lipinski definition) is 2. The molecule has 0 saturated heterocycles. The Bertz CT molecular complexity index is 491. The Labute approximate surface area is 124 Å². The Morgan fingerprint density at radius 2 is 1.68 bits per heavy atom. The van der Waals surface area contributed by atoms with E-state index in [9.17, 15) is 26.7 Å². The molecular weight excluding hydrogens is 307 g/mol. The third-order valence-electron chi connectivity index (χ3n) is 2.92. The van der Waals surface area contributed by atoms with Crippen LogP contribution in [0.5, 0.6) is 0 Å². The smallest absolute Gasteiger partial charge is 0.352 e. The summed E-state index contributed by atoms with van der Waals surface area (Å²) in [5.74, 6) is -3.77. The minimum Gasteiger partial charge on any atom is -0.352 e. The van der Waals surface area contributed by atoms with Crippen molar-refractivity contribution in [1.82, 2.24) is 10.6 Å². The number of halogens is 5. The van der Waals surface area contributed by atoms with Crippen LogP contribution < -0.4 is 10.6 Å². The van der Waals surface area contributed by atoms with Crippen LogP contribution in [-0.2, 0) is 23.4 Å². The molecule has 0 aliphatic heterocycles. The number of carbonyl (C=O) groups is 1. The average molecular weight is 324 g/mol. The van der Waals surface area contributed by atoms with Crippen molar-refractivity contribution in [2.45, 2.75) is 32.0 Å². The fraction of sp³-hybridized carbons (Fsp3) is 0.500. The van der Waals surface area contributed by atoms with Gasteiger partial charge in [-0.3, -0.25) is 4.79 Å². The number of nitrogens with one attached hydrogen (secondary N) is 2. The minimum absolute atomic E-state index is 0.0239. The molecule has 0 radical (unpaired) electrons. The topological polar surface area (TPSA) is 41.1 Å². The minimum atomic E-state index is -4.73. The third-order valence-corrected chi connectivity index (χ3v) is 2.92. The fourth-order valence-electron chi connectivity index (χ4n) is 1.74. The summed E-state index contributed by atoms with van der Waals surface area (Å²) in [6.07, 6.45) is -4.58. The second kappa shape index (κ2) is 7.04. The summed E-state index contributed by atoms with van der Waals surface area (Å²) >= 11 is 0. The molecule has 1 aromatic rings. The Balaban J connectivity index is 2.96. The van der Waals surface area contributed by atoms with Gasteiger partial charge in [0.15, 0.2) is 0 Å². The molecule has 0 aliphatic carbocycles.